The molecule has 2 N–H and O–H groups in total. The molecule has 0 unspecified atom stereocenters. The Morgan fingerprint density at radius 1 is 1.17 bits per heavy atom. The van der Waals surface area contributed by atoms with Crippen molar-refractivity contribution in [3.05, 3.63) is 36.2 Å². The highest BCUT2D eigenvalue weighted by atomic mass is 19.4. The van der Waals surface area contributed by atoms with Crippen molar-refractivity contribution in [3.8, 4) is 11.3 Å². The summed E-state index contributed by atoms with van der Waals surface area (Å²) in [7, 11) is 0. The molecule has 2 aromatic rings. The SMILES string of the molecule is Nc1cc(-c2cccnc2F)nc(C(F)(F)F)n1. The van der Waals surface area contributed by atoms with E-state index in [1.807, 2.05) is 0 Å². The normalized spacial score (nSPS) is 11.6. The number of nitrogens with zero attached hydrogens (tertiary/aromatic N) is 3. The fraction of sp³-hybridized carbons (Fsp3) is 0.100. The molecule has 0 saturated carbocycles. The molecule has 0 atom stereocenters. The molecule has 0 bridgehead atoms. The molecule has 4 nitrogen and oxygen atoms in total. The Labute approximate surface area is 98.5 Å². The largest absolute Gasteiger partial charge is 0.451 e. The van der Waals surface area contributed by atoms with Crippen LogP contribution >= 0.6 is 0 Å². The maximum atomic E-state index is 13.3. The van der Waals surface area contributed by atoms with E-state index in [2.05, 4.69) is 15.0 Å². The molecule has 0 aliphatic carbocycles. The van der Waals surface area contributed by atoms with Crippen LogP contribution in [0.5, 0.6) is 0 Å². The first kappa shape index (κ1) is 12.2. The molecule has 2 heterocycles. The molecule has 94 valence electrons. The van der Waals surface area contributed by atoms with Gasteiger partial charge in [0.1, 0.15) is 5.82 Å². The van der Waals surface area contributed by atoms with Gasteiger partial charge in [0.05, 0.1) is 11.3 Å². The number of alkyl halides is 3. The number of anilines is 1. The highest BCUT2D eigenvalue weighted by molar-refractivity contribution is 5.61. The molecule has 0 saturated heterocycles. The van der Waals surface area contributed by atoms with Crippen LogP contribution in [0, 0.1) is 5.95 Å². The Morgan fingerprint density at radius 3 is 2.50 bits per heavy atom. The Morgan fingerprint density at radius 2 is 1.89 bits per heavy atom. The number of nitrogens with two attached hydrogens (primary N) is 1. The third-order valence-corrected chi connectivity index (χ3v) is 2.03. The van der Waals surface area contributed by atoms with Crippen molar-refractivity contribution in [2.45, 2.75) is 6.18 Å². The molecule has 18 heavy (non-hydrogen) atoms. The van der Waals surface area contributed by atoms with Gasteiger partial charge in [0, 0.05) is 12.3 Å². The van der Waals surface area contributed by atoms with Gasteiger partial charge in [-0.1, -0.05) is 0 Å². The highest BCUT2D eigenvalue weighted by Crippen LogP contribution is 2.29. The van der Waals surface area contributed by atoms with Gasteiger partial charge in [0.2, 0.25) is 11.8 Å². The maximum absolute atomic E-state index is 13.3. The van der Waals surface area contributed by atoms with E-state index in [1.54, 1.807) is 0 Å². The molecule has 2 aromatic heterocycles. The van der Waals surface area contributed by atoms with E-state index in [0.29, 0.717) is 0 Å². The molecule has 0 aromatic carbocycles. The predicted molar refractivity (Wildman–Crippen MR) is 54.6 cm³/mol. The molecule has 0 aliphatic heterocycles. The van der Waals surface area contributed by atoms with Gasteiger partial charge < -0.3 is 5.73 Å². The summed E-state index contributed by atoms with van der Waals surface area (Å²) >= 11 is 0. The van der Waals surface area contributed by atoms with Gasteiger partial charge in [-0.15, -0.1) is 0 Å². The zero-order valence-corrected chi connectivity index (χ0v) is 8.74. The third kappa shape index (κ3) is 2.36. The van der Waals surface area contributed by atoms with Crippen molar-refractivity contribution in [2.24, 2.45) is 0 Å². The number of halogens is 4. The second-order valence-corrected chi connectivity index (χ2v) is 3.34. The molecule has 0 spiro atoms. The standard InChI is InChI=1S/C10H6F4N4/c11-8-5(2-1-3-16-8)6-4-7(15)18-9(17-6)10(12,13)14/h1-4H,(H2,15,17,18). The first-order valence-corrected chi connectivity index (χ1v) is 4.70. The summed E-state index contributed by atoms with van der Waals surface area (Å²) < 4.78 is 50.8. The van der Waals surface area contributed by atoms with Gasteiger partial charge >= 0.3 is 6.18 Å². The summed E-state index contributed by atoms with van der Waals surface area (Å²) in [6.07, 6.45) is -3.57. The number of aromatic nitrogens is 3. The van der Waals surface area contributed by atoms with Crippen LogP contribution in [0.25, 0.3) is 11.3 Å². The van der Waals surface area contributed by atoms with Crippen LogP contribution in [-0.2, 0) is 6.18 Å². The van der Waals surface area contributed by atoms with Crippen LogP contribution in [0.15, 0.2) is 24.4 Å². The number of rotatable bonds is 1. The number of hydrogen-bond donors (Lipinski definition) is 1. The molecule has 0 radical (unpaired) electrons. The van der Waals surface area contributed by atoms with E-state index >= 15 is 0 Å². The van der Waals surface area contributed by atoms with Crippen LogP contribution in [0.1, 0.15) is 5.82 Å². The predicted octanol–water partition coefficient (Wildman–Crippen LogP) is 2.28. The maximum Gasteiger partial charge on any atom is 0.451 e. The van der Waals surface area contributed by atoms with E-state index in [9.17, 15) is 17.6 Å². The van der Waals surface area contributed by atoms with Crippen molar-refractivity contribution in [1.29, 1.82) is 0 Å². The monoisotopic (exact) mass is 258 g/mol. The fourth-order valence-corrected chi connectivity index (χ4v) is 1.31. The van der Waals surface area contributed by atoms with Crippen LogP contribution in [0.3, 0.4) is 0 Å². The molecule has 0 amide bonds. The highest BCUT2D eigenvalue weighted by Gasteiger charge is 2.35. The van der Waals surface area contributed by atoms with Crippen LogP contribution in [0.4, 0.5) is 23.4 Å². The van der Waals surface area contributed by atoms with Gasteiger partial charge in [-0.05, 0) is 12.1 Å². The minimum atomic E-state index is -4.75. The van der Waals surface area contributed by atoms with E-state index < -0.39 is 23.8 Å². The Bertz CT molecular complexity index is 582. The molecular formula is C10H6F4N4. The van der Waals surface area contributed by atoms with Crippen LogP contribution in [-0.4, -0.2) is 15.0 Å². The van der Waals surface area contributed by atoms with Gasteiger partial charge in [0.15, 0.2) is 0 Å². The van der Waals surface area contributed by atoms with Crippen molar-refractivity contribution in [3.63, 3.8) is 0 Å². The summed E-state index contributed by atoms with van der Waals surface area (Å²) in [5.41, 5.74) is 4.82. The third-order valence-electron chi connectivity index (χ3n) is 2.03. The fourth-order valence-electron chi connectivity index (χ4n) is 1.31. The zero-order valence-electron chi connectivity index (χ0n) is 8.74. The average Bonchev–Trinajstić information content (AvgIpc) is 2.27. The van der Waals surface area contributed by atoms with Gasteiger partial charge in [-0.2, -0.15) is 17.6 Å². The molecule has 0 aliphatic rings. The van der Waals surface area contributed by atoms with Gasteiger partial charge in [-0.3, -0.25) is 0 Å². The lowest BCUT2D eigenvalue weighted by atomic mass is 10.2. The minimum absolute atomic E-state index is 0.169. The number of nitrogen functional groups attached to an aromatic ring is 1. The minimum Gasteiger partial charge on any atom is -0.384 e. The van der Waals surface area contributed by atoms with Crippen molar-refractivity contribution >= 4 is 5.82 Å². The summed E-state index contributed by atoms with van der Waals surface area (Å²) in [5, 5.41) is 0. The zero-order chi connectivity index (χ0) is 13.3. The second-order valence-electron chi connectivity index (χ2n) is 3.34. The number of pyridine rings is 1. The molecule has 8 heteroatoms. The lowest BCUT2D eigenvalue weighted by Crippen LogP contribution is -2.13. The summed E-state index contributed by atoms with van der Waals surface area (Å²) in [4.78, 5) is 9.63. The molecule has 0 fully saturated rings. The first-order valence-electron chi connectivity index (χ1n) is 4.70. The van der Waals surface area contributed by atoms with Crippen LogP contribution < -0.4 is 5.73 Å². The first-order chi connectivity index (χ1) is 8.38. The van der Waals surface area contributed by atoms with E-state index in [4.69, 9.17) is 5.73 Å². The quantitative estimate of drug-likeness (QED) is 0.629. The topological polar surface area (TPSA) is 64.7 Å². The van der Waals surface area contributed by atoms with Crippen LogP contribution in [0.2, 0.25) is 0 Å². The molecular weight excluding hydrogens is 252 g/mol. The van der Waals surface area contributed by atoms with Crippen molar-refractivity contribution in [1.82, 2.24) is 15.0 Å². The Balaban J connectivity index is 2.60. The van der Waals surface area contributed by atoms with E-state index in [1.165, 1.54) is 18.3 Å². The smallest absolute Gasteiger partial charge is 0.384 e. The lowest BCUT2D eigenvalue weighted by molar-refractivity contribution is -0.144. The number of hydrogen-bond acceptors (Lipinski definition) is 4. The van der Waals surface area contributed by atoms with E-state index in [0.717, 1.165) is 6.07 Å². The lowest BCUT2D eigenvalue weighted by Gasteiger charge is -2.08. The summed E-state index contributed by atoms with van der Waals surface area (Å²) in [6, 6.07) is 3.68. The average molecular weight is 258 g/mol. The molecule has 2 rings (SSSR count). The second kappa shape index (κ2) is 4.21. The van der Waals surface area contributed by atoms with Crippen molar-refractivity contribution in [2.75, 3.05) is 5.73 Å². The Kier molecular flexibility index (Phi) is 2.85. The summed E-state index contributed by atoms with van der Waals surface area (Å²) in [6.45, 7) is 0. The van der Waals surface area contributed by atoms with E-state index in [-0.39, 0.29) is 11.3 Å². The van der Waals surface area contributed by atoms with Gasteiger partial charge in [-0.25, -0.2) is 15.0 Å². The van der Waals surface area contributed by atoms with Gasteiger partial charge in [0.25, 0.3) is 0 Å². The van der Waals surface area contributed by atoms with Crippen molar-refractivity contribution < 1.29 is 17.6 Å². The summed E-state index contributed by atoms with van der Waals surface area (Å²) in [5.74, 6) is -2.74. The Hall–Kier alpha value is -2.25.